The third-order valence-corrected chi connectivity index (χ3v) is 3.84. The van der Waals surface area contributed by atoms with Gasteiger partial charge in [-0.15, -0.1) is 0 Å². The quantitative estimate of drug-likeness (QED) is 0.610. The van der Waals surface area contributed by atoms with Gasteiger partial charge in [0.15, 0.2) is 0 Å². The first-order valence-corrected chi connectivity index (χ1v) is 6.59. The molecule has 0 aromatic rings. The molecule has 0 atom stereocenters. The van der Waals surface area contributed by atoms with Crippen molar-refractivity contribution in [1.82, 2.24) is 15.5 Å². The fraction of sp³-hybridized carbons (Fsp3) is 0.917. The molecule has 0 radical (unpaired) electrons. The molecule has 0 unspecified atom stereocenters. The van der Waals surface area contributed by atoms with Crippen molar-refractivity contribution in [1.29, 1.82) is 0 Å². The first-order chi connectivity index (χ1) is 8.24. The predicted molar refractivity (Wildman–Crippen MR) is 65.7 cm³/mol. The van der Waals surface area contributed by atoms with Crippen LogP contribution in [0.5, 0.6) is 0 Å². The molecule has 17 heavy (non-hydrogen) atoms. The number of hydrogen-bond donors (Lipinski definition) is 3. The van der Waals surface area contributed by atoms with Crippen molar-refractivity contribution in [2.75, 3.05) is 39.3 Å². The van der Waals surface area contributed by atoms with Gasteiger partial charge in [0.2, 0.25) is 5.91 Å². The van der Waals surface area contributed by atoms with Crippen molar-refractivity contribution >= 4 is 5.91 Å². The second-order valence-corrected chi connectivity index (χ2v) is 5.22. The van der Waals surface area contributed by atoms with Gasteiger partial charge < -0.3 is 15.7 Å². The number of aliphatic hydroxyl groups is 1. The molecule has 1 saturated carbocycles. The molecule has 2 rings (SSSR count). The number of rotatable bonds is 4. The highest BCUT2D eigenvalue weighted by Crippen LogP contribution is 2.28. The van der Waals surface area contributed by atoms with E-state index in [-0.39, 0.29) is 18.1 Å². The standard InChI is InChI=1S/C12H23N3O2/c16-10-12(3-1-2-4-12)14-11(17)9-15-7-5-13-6-8-15/h13,16H,1-10H2,(H,14,17). The Balaban J connectivity index is 1.79. The van der Waals surface area contributed by atoms with E-state index in [2.05, 4.69) is 15.5 Å². The smallest absolute Gasteiger partial charge is 0.234 e. The summed E-state index contributed by atoms with van der Waals surface area (Å²) in [6, 6.07) is 0. The van der Waals surface area contributed by atoms with Gasteiger partial charge in [-0.2, -0.15) is 0 Å². The minimum Gasteiger partial charge on any atom is -0.394 e. The normalized spacial score (nSPS) is 24.8. The van der Waals surface area contributed by atoms with E-state index < -0.39 is 0 Å². The first-order valence-electron chi connectivity index (χ1n) is 6.59. The maximum atomic E-state index is 11.9. The Labute approximate surface area is 103 Å². The number of nitrogens with zero attached hydrogens (tertiary/aromatic N) is 1. The molecular formula is C12H23N3O2. The molecular weight excluding hydrogens is 218 g/mol. The summed E-state index contributed by atoms with van der Waals surface area (Å²) < 4.78 is 0. The Morgan fingerprint density at radius 2 is 1.94 bits per heavy atom. The zero-order valence-corrected chi connectivity index (χ0v) is 10.4. The number of aliphatic hydroxyl groups excluding tert-OH is 1. The minimum absolute atomic E-state index is 0.0582. The molecule has 2 fully saturated rings. The number of carbonyl (C=O) groups is 1. The molecule has 0 aromatic heterocycles. The summed E-state index contributed by atoms with van der Waals surface area (Å²) in [5.41, 5.74) is -0.328. The minimum atomic E-state index is -0.328. The Morgan fingerprint density at radius 1 is 1.29 bits per heavy atom. The lowest BCUT2D eigenvalue weighted by Gasteiger charge is -2.31. The van der Waals surface area contributed by atoms with Crippen molar-refractivity contribution in [3.8, 4) is 0 Å². The topological polar surface area (TPSA) is 64.6 Å². The van der Waals surface area contributed by atoms with E-state index in [0.29, 0.717) is 6.54 Å². The van der Waals surface area contributed by atoms with Crippen molar-refractivity contribution < 1.29 is 9.90 Å². The second kappa shape index (κ2) is 5.80. The van der Waals surface area contributed by atoms with E-state index in [9.17, 15) is 9.90 Å². The van der Waals surface area contributed by atoms with Gasteiger partial charge in [0, 0.05) is 26.2 Å². The van der Waals surface area contributed by atoms with E-state index in [4.69, 9.17) is 0 Å². The van der Waals surface area contributed by atoms with Gasteiger partial charge in [-0.05, 0) is 12.8 Å². The summed E-state index contributed by atoms with van der Waals surface area (Å²) in [4.78, 5) is 14.1. The average Bonchev–Trinajstić information content (AvgIpc) is 2.79. The first kappa shape index (κ1) is 12.8. The molecule has 0 spiro atoms. The lowest BCUT2D eigenvalue weighted by atomic mass is 9.99. The highest BCUT2D eigenvalue weighted by molar-refractivity contribution is 5.79. The van der Waals surface area contributed by atoms with Gasteiger partial charge in [0.25, 0.3) is 0 Å². The Morgan fingerprint density at radius 3 is 2.53 bits per heavy atom. The lowest BCUT2D eigenvalue weighted by Crippen LogP contribution is -2.54. The van der Waals surface area contributed by atoms with E-state index in [0.717, 1.165) is 51.9 Å². The third kappa shape index (κ3) is 3.40. The van der Waals surface area contributed by atoms with Crippen LogP contribution in [0.25, 0.3) is 0 Å². The molecule has 0 aromatic carbocycles. The van der Waals surface area contributed by atoms with Crippen molar-refractivity contribution in [3.05, 3.63) is 0 Å². The van der Waals surface area contributed by atoms with Gasteiger partial charge in [0.05, 0.1) is 18.7 Å². The number of hydrogen-bond acceptors (Lipinski definition) is 4. The Bertz CT molecular complexity index is 258. The van der Waals surface area contributed by atoms with Crippen LogP contribution < -0.4 is 10.6 Å². The van der Waals surface area contributed by atoms with Crippen LogP contribution in [-0.2, 0) is 4.79 Å². The SMILES string of the molecule is O=C(CN1CCNCC1)NC1(CO)CCCC1. The summed E-state index contributed by atoms with van der Waals surface area (Å²) in [6.45, 7) is 4.31. The monoisotopic (exact) mass is 241 g/mol. The predicted octanol–water partition coefficient (Wildman–Crippen LogP) is -0.687. The van der Waals surface area contributed by atoms with Gasteiger partial charge in [-0.25, -0.2) is 0 Å². The maximum absolute atomic E-state index is 11.9. The largest absolute Gasteiger partial charge is 0.394 e. The maximum Gasteiger partial charge on any atom is 0.234 e. The van der Waals surface area contributed by atoms with Crippen molar-refractivity contribution in [2.45, 2.75) is 31.2 Å². The molecule has 1 aliphatic heterocycles. The van der Waals surface area contributed by atoms with Gasteiger partial charge >= 0.3 is 0 Å². The van der Waals surface area contributed by atoms with Crippen LogP contribution in [0.15, 0.2) is 0 Å². The van der Waals surface area contributed by atoms with Crippen LogP contribution in [-0.4, -0.2) is 60.8 Å². The number of amides is 1. The van der Waals surface area contributed by atoms with E-state index in [1.165, 1.54) is 0 Å². The molecule has 98 valence electrons. The van der Waals surface area contributed by atoms with Gasteiger partial charge in [0.1, 0.15) is 0 Å². The summed E-state index contributed by atoms with van der Waals surface area (Å²) in [7, 11) is 0. The fourth-order valence-electron chi connectivity index (χ4n) is 2.78. The van der Waals surface area contributed by atoms with E-state index >= 15 is 0 Å². The van der Waals surface area contributed by atoms with E-state index in [1.54, 1.807) is 0 Å². The average molecular weight is 241 g/mol. The molecule has 5 nitrogen and oxygen atoms in total. The molecule has 0 bridgehead atoms. The van der Waals surface area contributed by atoms with Gasteiger partial charge in [-0.1, -0.05) is 12.8 Å². The summed E-state index contributed by atoms with van der Waals surface area (Å²) in [5, 5.41) is 15.7. The number of carbonyl (C=O) groups excluding carboxylic acids is 1. The number of piperazine rings is 1. The Kier molecular flexibility index (Phi) is 4.36. The molecule has 1 amide bonds. The van der Waals surface area contributed by atoms with Crippen LogP contribution in [0, 0.1) is 0 Å². The van der Waals surface area contributed by atoms with Crippen LogP contribution in [0.1, 0.15) is 25.7 Å². The van der Waals surface area contributed by atoms with E-state index in [1.807, 2.05) is 0 Å². The summed E-state index contributed by atoms with van der Waals surface area (Å²) in [6.07, 6.45) is 4.04. The zero-order chi connectivity index (χ0) is 12.1. The van der Waals surface area contributed by atoms with Crippen LogP contribution in [0.2, 0.25) is 0 Å². The zero-order valence-electron chi connectivity index (χ0n) is 10.4. The summed E-state index contributed by atoms with van der Waals surface area (Å²) >= 11 is 0. The van der Waals surface area contributed by atoms with Crippen LogP contribution >= 0.6 is 0 Å². The molecule has 2 aliphatic rings. The number of nitrogens with one attached hydrogen (secondary N) is 2. The fourth-order valence-corrected chi connectivity index (χ4v) is 2.78. The van der Waals surface area contributed by atoms with Crippen molar-refractivity contribution in [2.24, 2.45) is 0 Å². The molecule has 1 saturated heterocycles. The van der Waals surface area contributed by atoms with Gasteiger partial charge in [-0.3, -0.25) is 9.69 Å². The van der Waals surface area contributed by atoms with Crippen LogP contribution in [0.4, 0.5) is 0 Å². The molecule has 5 heteroatoms. The van der Waals surface area contributed by atoms with Crippen molar-refractivity contribution in [3.63, 3.8) is 0 Å². The molecule has 3 N–H and O–H groups in total. The van der Waals surface area contributed by atoms with Crippen LogP contribution in [0.3, 0.4) is 0 Å². The lowest BCUT2D eigenvalue weighted by molar-refractivity contribution is -0.124. The highest BCUT2D eigenvalue weighted by atomic mass is 16.3. The summed E-state index contributed by atoms with van der Waals surface area (Å²) in [5.74, 6) is 0.0582. The Hall–Kier alpha value is -0.650. The molecule has 1 aliphatic carbocycles. The molecule has 1 heterocycles. The second-order valence-electron chi connectivity index (χ2n) is 5.22. The third-order valence-electron chi connectivity index (χ3n) is 3.84. The highest BCUT2D eigenvalue weighted by Gasteiger charge is 2.34.